The second kappa shape index (κ2) is 8.67. The average Bonchev–Trinajstić information content (AvgIpc) is 2.34. The van der Waals surface area contributed by atoms with Crippen molar-refractivity contribution in [3.05, 3.63) is 34.3 Å². The van der Waals surface area contributed by atoms with Gasteiger partial charge in [-0.3, -0.25) is 0 Å². The van der Waals surface area contributed by atoms with Gasteiger partial charge in [-0.25, -0.2) is 0 Å². The van der Waals surface area contributed by atoms with E-state index in [-0.39, 0.29) is 0 Å². The van der Waals surface area contributed by atoms with Crippen LogP contribution in [0.2, 0.25) is 0 Å². The van der Waals surface area contributed by atoms with Crippen molar-refractivity contribution in [3.63, 3.8) is 0 Å². The molecule has 0 saturated heterocycles. The Kier molecular flexibility index (Phi) is 7.49. The van der Waals surface area contributed by atoms with Crippen molar-refractivity contribution in [2.24, 2.45) is 0 Å². The lowest BCUT2D eigenvalue weighted by Crippen LogP contribution is -2.18. The molecule has 0 aliphatic carbocycles. The zero-order valence-electron chi connectivity index (χ0n) is 10.7. The molecule has 1 rings (SSSR count). The average molecular weight is 300 g/mol. The van der Waals surface area contributed by atoms with Crippen LogP contribution in [0.3, 0.4) is 0 Å². The molecule has 0 aliphatic rings. The molecular formula is C14H22BrNO. The van der Waals surface area contributed by atoms with Crippen LogP contribution in [-0.4, -0.2) is 26.8 Å². The van der Waals surface area contributed by atoms with Gasteiger partial charge in [0.05, 0.1) is 0 Å². The monoisotopic (exact) mass is 299 g/mol. The van der Waals surface area contributed by atoms with Crippen LogP contribution in [0.1, 0.15) is 31.2 Å². The summed E-state index contributed by atoms with van der Waals surface area (Å²) in [5, 5.41) is 3.27. The molecule has 1 aromatic carbocycles. The van der Waals surface area contributed by atoms with E-state index < -0.39 is 0 Å². The number of hydrogen-bond donors (Lipinski definition) is 1. The first-order chi connectivity index (χ1) is 8.29. The molecule has 0 bridgehead atoms. The Hall–Kier alpha value is -0.380. The molecule has 0 aliphatic heterocycles. The van der Waals surface area contributed by atoms with E-state index in [1.807, 2.05) is 14.0 Å². The van der Waals surface area contributed by atoms with Crippen molar-refractivity contribution in [3.8, 4) is 0 Å². The second-order valence-corrected chi connectivity index (χ2v) is 4.97. The van der Waals surface area contributed by atoms with Gasteiger partial charge in [0.1, 0.15) is 0 Å². The molecule has 96 valence electrons. The Morgan fingerprint density at radius 2 is 2.12 bits per heavy atom. The number of ether oxygens (including phenoxy) is 1. The highest BCUT2D eigenvalue weighted by Crippen LogP contribution is 2.27. The highest BCUT2D eigenvalue weighted by atomic mass is 79.9. The van der Waals surface area contributed by atoms with Gasteiger partial charge in [-0.15, -0.1) is 0 Å². The Labute approximate surface area is 113 Å². The van der Waals surface area contributed by atoms with Crippen molar-refractivity contribution in [1.29, 1.82) is 0 Å². The summed E-state index contributed by atoms with van der Waals surface area (Å²) in [5.41, 5.74) is 1.39. The van der Waals surface area contributed by atoms with E-state index in [9.17, 15) is 0 Å². The minimum absolute atomic E-state index is 0.552. The van der Waals surface area contributed by atoms with E-state index in [0.29, 0.717) is 5.92 Å². The van der Waals surface area contributed by atoms with Crippen molar-refractivity contribution in [2.45, 2.75) is 25.7 Å². The van der Waals surface area contributed by atoms with Gasteiger partial charge in [0.25, 0.3) is 0 Å². The SMILES string of the molecule is CCOCCCC(CNC)c1ccccc1Br. The summed E-state index contributed by atoms with van der Waals surface area (Å²) in [5.74, 6) is 0.552. The van der Waals surface area contributed by atoms with Crippen molar-refractivity contribution < 1.29 is 4.74 Å². The molecule has 0 heterocycles. The smallest absolute Gasteiger partial charge is 0.0466 e. The first kappa shape index (κ1) is 14.7. The first-order valence-corrected chi connectivity index (χ1v) is 7.05. The van der Waals surface area contributed by atoms with Crippen molar-refractivity contribution >= 4 is 15.9 Å². The summed E-state index contributed by atoms with van der Waals surface area (Å²) in [6, 6.07) is 8.48. The van der Waals surface area contributed by atoms with Gasteiger partial charge < -0.3 is 10.1 Å². The fourth-order valence-corrected chi connectivity index (χ4v) is 2.60. The van der Waals surface area contributed by atoms with Gasteiger partial charge in [-0.1, -0.05) is 34.1 Å². The summed E-state index contributed by atoms with van der Waals surface area (Å²) in [7, 11) is 2.01. The maximum atomic E-state index is 5.40. The number of nitrogens with one attached hydrogen (secondary N) is 1. The maximum Gasteiger partial charge on any atom is 0.0466 e. The summed E-state index contributed by atoms with van der Waals surface area (Å²) < 4.78 is 6.60. The molecule has 0 spiro atoms. The third-order valence-corrected chi connectivity index (χ3v) is 3.56. The minimum atomic E-state index is 0.552. The number of benzene rings is 1. The molecule has 1 atom stereocenters. The largest absolute Gasteiger partial charge is 0.382 e. The molecule has 0 radical (unpaired) electrons. The molecule has 3 heteroatoms. The van der Waals surface area contributed by atoms with Crippen LogP contribution in [0.4, 0.5) is 0 Å². The lowest BCUT2D eigenvalue weighted by Gasteiger charge is -2.18. The third kappa shape index (κ3) is 5.19. The van der Waals surface area contributed by atoms with Crippen LogP contribution < -0.4 is 5.32 Å². The van der Waals surface area contributed by atoms with Crippen LogP contribution in [0.5, 0.6) is 0 Å². The Bertz CT molecular complexity index is 317. The molecule has 17 heavy (non-hydrogen) atoms. The van der Waals surface area contributed by atoms with Crippen LogP contribution in [0, 0.1) is 0 Å². The zero-order valence-corrected chi connectivity index (χ0v) is 12.3. The van der Waals surface area contributed by atoms with E-state index >= 15 is 0 Å². The van der Waals surface area contributed by atoms with E-state index in [0.717, 1.165) is 32.6 Å². The summed E-state index contributed by atoms with van der Waals surface area (Å²) in [6.07, 6.45) is 2.27. The van der Waals surface area contributed by atoms with Crippen LogP contribution in [0.25, 0.3) is 0 Å². The molecular weight excluding hydrogens is 278 g/mol. The van der Waals surface area contributed by atoms with Crippen LogP contribution >= 0.6 is 15.9 Å². The quantitative estimate of drug-likeness (QED) is 0.741. The molecule has 2 nitrogen and oxygen atoms in total. The summed E-state index contributed by atoms with van der Waals surface area (Å²) >= 11 is 3.63. The van der Waals surface area contributed by atoms with Crippen LogP contribution in [0.15, 0.2) is 28.7 Å². The number of hydrogen-bond acceptors (Lipinski definition) is 2. The molecule has 0 amide bonds. The fraction of sp³-hybridized carbons (Fsp3) is 0.571. The van der Waals surface area contributed by atoms with E-state index in [1.165, 1.54) is 10.0 Å². The number of halogens is 1. The Morgan fingerprint density at radius 1 is 1.35 bits per heavy atom. The highest BCUT2D eigenvalue weighted by molar-refractivity contribution is 9.10. The van der Waals surface area contributed by atoms with Gasteiger partial charge in [0, 0.05) is 24.2 Å². The predicted octanol–water partition coefficient (Wildman–Crippen LogP) is 3.57. The zero-order chi connectivity index (χ0) is 12.5. The van der Waals surface area contributed by atoms with E-state index in [4.69, 9.17) is 4.74 Å². The Morgan fingerprint density at radius 3 is 2.76 bits per heavy atom. The topological polar surface area (TPSA) is 21.3 Å². The molecule has 0 fully saturated rings. The summed E-state index contributed by atoms with van der Waals surface area (Å²) in [6.45, 7) is 4.72. The lowest BCUT2D eigenvalue weighted by molar-refractivity contribution is 0.142. The third-order valence-electron chi connectivity index (χ3n) is 2.84. The molecule has 1 unspecified atom stereocenters. The van der Waals surface area contributed by atoms with E-state index in [2.05, 4.69) is 45.5 Å². The molecule has 1 N–H and O–H groups in total. The maximum absolute atomic E-state index is 5.40. The first-order valence-electron chi connectivity index (χ1n) is 6.26. The Balaban J connectivity index is 2.56. The molecule has 0 saturated carbocycles. The highest BCUT2D eigenvalue weighted by Gasteiger charge is 2.12. The van der Waals surface area contributed by atoms with Crippen molar-refractivity contribution in [1.82, 2.24) is 5.32 Å². The van der Waals surface area contributed by atoms with Crippen molar-refractivity contribution in [2.75, 3.05) is 26.8 Å². The van der Waals surface area contributed by atoms with Gasteiger partial charge in [0.15, 0.2) is 0 Å². The van der Waals surface area contributed by atoms with Gasteiger partial charge in [0.2, 0.25) is 0 Å². The predicted molar refractivity (Wildman–Crippen MR) is 76.5 cm³/mol. The summed E-state index contributed by atoms with van der Waals surface area (Å²) in [4.78, 5) is 0. The standard InChI is InChI=1S/C14H22BrNO/c1-3-17-10-6-7-12(11-16-2)13-8-4-5-9-14(13)15/h4-5,8-9,12,16H,3,6-7,10-11H2,1-2H3. The van der Waals surface area contributed by atoms with E-state index in [1.54, 1.807) is 0 Å². The molecule has 1 aromatic rings. The van der Waals surface area contributed by atoms with Gasteiger partial charge in [-0.05, 0) is 44.4 Å². The molecule has 0 aromatic heterocycles. The number of likely N-dealkylation sites (N-methyl/N-ethyl adjacent to an activating group) is 1. The van der Waals surface area contributed by atoms with Crippen LogP contribution in [-0.2, 0) is 4.74 Å². The number of rotatable bonds is 8. The normalized spacial score (nSPS) is 12.6. The van der Waals surface area contributed by atoms with Gasteiger partial charge in [-0.2, -0.15) is 0 Å². The minimum Gasteiger partial charge on any atom is -0.382 e. The van der Waals surface area contributed by atoms with Gasteiger partial charge >= 0.3 is 0 Å². The second-order valence-electron chi connectivity index (χ2n) is 4.12. The fourth-order valence-electron chi connectivity index (χ4n) is 2.00. The lowest BCUT2D eigenvalue weighted by atomic mass is 9.94.